The van der Waals surface area contributed by atoms with E-state index in [0.717, 1.165) is 0 Å². The smallest absolute Gasteiger partial charge is 0.326 e. The monoisotopic (exact) mass is 245 g/mol. The van der Waals surface area contributed by atoms with Gasteiger partial charge in [0.05, 0.1) is 18.8 Å². The van der Waals surface area contributed by atoms with Gasteiger partial charge < -0.3 is 15.8 Å². The third-order valence-corrected chi connectivity index (χ3v) is 2.27. The summed E-state index contributed by atoms with van der Waals surface area (Å²) < 4.78 is 1.33. The summed E-state index contributed by atoms with van der Waals surface area (Å²) in [6.45, 7) is 1.67. The average molecular weight is 246 g/mol. The lowest BCUT2D eigenvalue weighted by molar-refractivity contribution is 0.273. The van der Waals surface area contributed by atoms with E-state index in [0.29, 0.717) is 11.4 Å². The van der Waals surface area contributed by atoms with Gasteiger partial charge in [-0.05, 0) is 6.92 Å². The highest BCUT2D eigenvalue weighted by atomic mass is 35.5. The lowest BCUT2D eigenvalue weighted by Gasteiger charge is -2.01. The summed E-state index contributed by atoms with van der Waals surface area (Å²) in [5, 5.41) is 15.7. The van der Waals surface area contributed by atoms with E-state index < -0.39 is 11.6 Å². The van der Waals surface area contributed by atoms with Crippen LogP contribution in [0, 0.1) is 12.3 Å². The first-order chi connectivity index (χ1) is 7.47. The fourth-order valence-corrected chi connectivity index (χ4v) is 1.56. The van der Waals surface area contributed by atoms with Crippen LogP contribution in [0.4, 0.5) is 0 Å². The number of aromatic amines is 1. The van der Waals surface area contributed by atoms with Crippen LogP contribution in [-0.2, 0) is 6.54 Å². The molecule has 0 bridgehead atoms. The van der Waals surface area contributed by atoms with Crippen molar-refractivity contribution in [1.29, 1.82) is 5.41 Å². The summed E-state index contributed by atoms with van der Waals surface area (Å²) in [6, 6.07) is 0. The molecule has 1 aromatic heterocycles. The number of nitrogens with zero attached hydrogens (tertiary/aromatic N) is 2. The third kappa shape index (κ3) is 2.50. The molecule has 8 heteroatoms. The number of aliphatic hydroxyl groups excluding tert-OH is 1. The quantitative estimate of drug-likeness (QED) is 0.418. The first-order valence-corrected chi connectivity index (χ1v) is 4.84. The zero-order valence-electron chi connectivity index (χ0n) is 8.62. The van der Waals surface area contributed by atoms with Gasteiger partial charge in [-0.25, -0.2) is 4.79 Å². The van der Waals surface area contributed by atoms with E-state index in [-0.39, 0.29) is 18.3 Å². The average Bonchev–Trinajstić information content (AvgIpc) is 2.45. The van der Waals surface area contributed by atoms with E-state index in [1.54, 1.807) is 6.92 Å². The number of aliphatic hydroxyl groups is 1. The number of aliphatic imine (C=N–C) groups is 1. The molecule has 0 unspecified atom stereocenters. The van der Waals surface area contributed by atoms with Crippen molar-refractivity contribution in [3.63, 3.8) is 0 Å². The van der Waals surface area contributed by atoms with Gasteiger partial charge in [-0.1, -0.05) is 11.6 Å². The van der Waals surface area contributed by atoms with Crippen LogP contribution in [0.3, 0.4) is 0 Å². The number of halogens is 1. The number of nitrogens with two attached hydrogens (primary N) is 1. The summed E-state index contributed by atoms with van der Waals surface area (Å²) in [7, 11) is 0. The second-order valence-corrected chi connectivity index (χ2v) is 3.41. The van der Waals surface area contributed by atoms with Gasteiger partial charge >= 0.3 is 5.69 Å². The Morgan fingerprint density at radius 3 is 2.88 bits per heavy atom. The molecule has 0 saturated heterocycles. The first-order valence-electron chi connectivity index (χ1n) is 4.46. The molecule has 1 heterocycles. The van der Waals surface area contributed by atoms with Gasteiger partial charge in [-0.2, -0.15) is 4.99 Å². The molecule has 0 aromatic carbocycles. The minimum Gasteiger partial charge on any atom is -0.395 e. The number of rotatable bonds is 3. The van der Waals surface area contributed by atoms with E-state index >= 15 is 0 Å². The molecule has 16 heavy (non-hydrogen) atoms. The highest BCUT2D eigenvalue weighted by Crippen LogP contribution is 2.07. The number of imidazole rings is 1. The molecule has 1 rings (SSSR count). The normalized spacial score (nSPS) is 11.8. The summed E-state index contributed by atoms with van der Waals surface area (Å²) >= 11 is 5.78. The minimum absolute atomic E-state index is 0.0567. The van der Waals surface area contributed by atoms with Crippen LogP contribution in [0.1, 0.15) is 11.4 Å². The highest BCUT2D eigenvalue weighted by Gasteiger charge is 2.13. The highest BCUT2D eigenvalue weighted by molar-refractivity contribution is 6.70. The third-order valence-electron chi connectivity index (χ3n) is 1.99. The van der Waals surface area contributed by atoms with Crippen molar-refractivity contribution >= 4 is 22.7 Å². The number of aromatic nitrogens is 2. The van der Waals surface area contributed by atoms with Crippen molar-refractivity contribution in [2.24, 2.45) is 10.7 Å². The molecular formula is C8H12ClN5O2. The van der Waals surface area contributed by atoms with Crippen LogP contribution in [0.25, 0.3) is 0 Å². The lowest BCUT2D eigenvalue weighted by Crippen LogP contribution is -2.19. The molecule has 0 saturated carbocycles. The van der Waals surface area contributed by atoms with Crippen molar-refractivity contribution in [1.82, 2.24) is 9.55 Å². The van der Waals surface area contributed by atoms with Gasteiger partial charge in [-0.3, -0.25) is 9.98 Å². The van der Waals surface area contributed by atoms with Crippen LogP contribution >= 0.6 is 11.6 Å². The van der Waals surface area contributed by atoms with Crippen molar-refractivity contribution in [3.05, 3.63) is 21.9 Å². The maximum Gasteiger partial charge on any atom is 0.326 e. The molecule has 1 aromatic rings. The van der Waals surface area contributed by atoms with Crippen LogP contribution in [0.5, 0.6) is 0 Å². The Bertz CT molecular complexity index is 487. The van der Waals surface area contributed by atoms with E-state index in [1.165, 1.54) is 4.57 Å². The van der Waals surface area contributed by atoms with Gasteiger partial charge in [0.1, 0.15) is 0 Å². The molecule has 5 N–H and O–H groups in total. The summed E-state index contributed by atoms with van der Waals surface area (Å²) in [4.78, 5) is 17.4. The Hall–Kier alpha value is -1.60. The van der Waals surface area contributed by atoms with E-state index in [4.69, 9.17) is 27.9 Å². The number of H-pyrrole nitrogens is 1. The Kier molecular flexibility index (Phi) is 3.86. The van der Waals surface area contributed by atoms with Crippen LogP contribution in [0.2, 0.25) is 0 Å². The Labute approximate surface area is 96.1 Å². The SMILES string of the molecule is Cc1c(/C(Cl)=N\C(=N)N)[nH]c(=O)n1CCO. The minimum atomic E-state index is -0.444. The molecule has 0 radical (unpaired) electrons. The Morgan fingerprint density at radius 2 is 2.38 bits per heavy atom. The largest absolute Gasteiger partial charge is 0.395 e. The topological polar surface area (TPSA) is 120 Å². The Morgan fingerprint density at radius 1 is 1.75 bits per heavy atom. The first kappa shape index (κ1) is 12.5. The van der Waals surface area contributed by atoms with Crippen molar-refractivity contribution in [2.75, 3.05) is 6.61 Å². The predicted octanol–water partition coefficient (Wildman–Crippen LogP) is -0.644. The van der Waals surface area contributed by atoms with E-state index in [1.807, 2.05) is 0 Å². The molecule has 0 aliphatic rings. The van der Waals surface area contributed by atoms with Gasteiger partial charge in [0.2, 0.25) is 5.96 Å². The van der Waals surface area contributed by atoms with Gasteiger partial charge in [0, 0.05) is 5.69 Å². The maximum atomic E-state index is 11.4. The van der Waals surface area contributed by atoms with Crippen LogP contribution in [-0.4, -0.2) is 32.4 Å². The van der Waals surface area contributed by atoms with Crippen molar-refractivity contribution < 1.29 is 5.11 Å². The molecular weight excluding hydrogens is 234 g/mol. The summed E-state index contributed by atoms with van der Waals surface area (Å²) in [6.07, 6.45) is 0. The fraction of sp³-hybridized carbons (Fsp3) is 0.375. The predicted molar refractivity (Wildman–Crippen MR) is 61.2 cm³/mol. The second kappa shape index (κ2) is 4.95. The van der Waals surface area contributed by atoms with E-state index in [2.05, 4.69) is 9.98 Å². The maximum absolute atomic E-state index is 11.4. The number of nitrogens with one attached hydrogen (secondary N) is 2. The van der Waals surface area contributed by atoms with Crippen molar-refractivity contribution in [2.45, 2.75) is 13.5 Å². The molecule has 0 aliphatic carbocycles. The van der Waals surface area contributed by atoms with Crippen LogP contribution in [0.15, 0.2) is 9.79 Å². The summed E-state index contributed by atoms with van der Waals surface area (Å²) in [5.74, 6) is -0.444. The zero-order valence-corrected chi connectivity index (χ0v) is 9.38. The van der Waals surface area contributed by atoms with Gasteiger partial charge in [0.25, 0.3) is 0 Å². The molecule has 0 spiro atoms. The van der Waals surface area contributed by atoms with E-state index in [9.17, 15) is 4.79 Å². The zero-order chi connectivity index (χ0) is 12.3. The number of hydrogen-bond donors (Lipinski definition) is 4. The van der Waals surface area contributed by atoms with Gasteiger partial charge in [0.15, 0.2) is 5.17 Å². The molecule has 88 valence electrons. The lowest BCUT2D eigenvalue weighted by atomic mass is 10.3. The molecule has 0 aliphatic heterocycles. The second-order valence-electron chi connectivity index (χ2n) is 3.05. The number of guanidine groups is 1. The fourth-order valence-electron chi connectivity index (χ4n) is 1.28. The summed E-state index contributed by atoms with van der Waals surface area (Å²) in [5.41, 5.74) is 5.50. The molecule has 0 fully saturated rings. The van der Waals surface area contributed by atoms with Gasteiger partial charge in [-0.15, -0.1) is 0 Å². The van der Waals surface area contributed by atoms with Crippen molar-refractivity contribution in [3.8, 4) is 0 Å². The molecule has 0 amide bonds. The Balaban J connectivity index is 3.22. The standard InChI is InChI=1S/C8H12ClN5O2/c1-4-5(6(9)13-7(10)11)12-8(16)14(4)2-3-15/h15H,2-3H2,1H3,(H3,10,11)(H,12,16)/b13-6+. The van der Waals surface area contributed by atoms with Crippen LogP contribution < -0.4 is 11.4 Å². The molecule has 0 atom stereocenters. The number of hydrogen-bond acceptors (Lipinski definition) is 3. The molecule has 7 nitrogen and oxygen atoms in total.